The van der Waals surface area contributed by atoms with Crippen molar-refractivity contribution in [2.75, 3.05) is 36.9 Å². The van der Waals surface area contributed by atoms with Gasteiger partial charge >= 0.3 is 6.18 Å². The summed E-state index contributed by atoms with van der Waals surface area (Å²) in [5, 5.41) is 20.6. The minimum Gasteiger partial charge on any atom is -0.365 e. The highest BCUT2D eigenvalue weighted by atomic mass is 35.5. The van der Waals surface area contributed by atoms with Crippen molar-refractivity contribution >= 4 is 40.3 Å². The van der Waals surface area contributed by atoms with Crippen molar-refractivity contribution in [3.63, 3.8) is 0 Å². The fraction of sp³-hybridized carbons (Fsp3) is 0.500. The molecule has 2 aromatic heterocycles. The zero-order chi connectivity index (χ0) is 28.4. The van der Waals surface area contributed by atoms with Crippen LogP contribution >= 0.6 is 11.6 Å². The lowest BCUT2D eigenvalue weighted by atomic mass is 10.0. The van der Waals surface area contributed by atoms with Gasteiger partial charge in [-0.25, -0.2) is 4.68 Å². The Bertz CT molecular complexity index is 1420. The molecule has 0 bridgehead atoms. The number of hydrogen-bond donors (Lipinski definition) is 2. The van der Waals surface area contributed by atoms with E-state index in [9.17, 15) is 23.2 Å². The molecule has 212 valence electrons. The van der Waals surface area contributed by atoms with E-state index in [1.807, 2.05) is 16.8 Å². The second-order valence-corrected chi connectivity index (χ2v) is 10.5. The van der Waals surface area contributed by atoms with E-state index in [4.69, 9.17) is 11.6 Å². The largest absolute Gasteiger partial charge is 0.408 e. The van der Waals surface area contributed by atoms with Crippen molar-refractivity contribution in [3.8, 4) is 6.07 Å². The molecule has 1 atom stereocenters. The molecule has 2 fully saturated rings. The molecule has 5 rings (SSSR count). The monoisotopic (exact) mass is 575 g/mol. The van der Waals surface area contributed by atoms with Gasteiger partial charge in [0.05, 0.1) is 29.3 Å². The molecule has 1 unspecified atom stereocenters. The first-order chi connectivity index (χ1) is 19.1. The number of nitriles is 1. The molecule has 14 heteroatoms. The first-order valence-corrected chi connectivity index (χ1v) is 13.5. The second-order valence-electron chi connectivity index (χ2n) is 10.1. The first-order valence-electron chi connectivity index (χ1n) is 13.1. The topological polar surface area (TPSA) is 115 Å². The molecular weight excluding hydrogens is 547 g/mol. The van der Waals surface area contributed by atoms with Gasteiger partial charge in [-0.15, -0.1) is 0 Å². The van der Waals surface area contributed by atoms with Crippen LogP contribution in [0.5, 0.6) is 0 Å². The number of anilines is 2. The van der Waals surface area contributed by atoms with Crippen molar-refractivity contribution in [1.82, 2.24) is 30.0 Å². The summed E-state index contributed by atoms with van der Waals surface area (Å²) in [5.41, 5.74) is 1.10. The van der Waals surface area contributed by atoms with Gasteiger partial charge in [0.1, 0.15) is 12.4 Å². The average Bonchev–Trinajstić information content (AvgIpc) is 3.61. The highest BCUT2D eigenvalue weighted by Crippen LogP contribution is 2.29. The Morgan fingerprint density at radius 2 is 2.05 bits per heavy atom. The molecule has 1 aromatic carbocycles. The summed E-state index contributed by atoms with van der Waals surface area (Å²) in [6.45, 7) is 0.829. The molecule has 4 heterocycles. The van der Waals surface area contributed by atoms with Crippen LogP contribution < -0.4 is 15.5 Å². The van der Waals surface area contributed by atoms with E-state index in [0.29, 0.717) is 53.3 Å². The summed E-state index contributed by atoms with van der Waals surface area (Å²) in [6, 6.07) is 6.94. The van der Waals surface area contributed by atoms with Gasteiger partial charge in [-0.3, -0.25) is 4.79 Å². The summed E-state index contributed by atoms with van der Waals surface area (Å²) >= 11 is 6.01. The number of likely N-dealkylation sites (N-methyl/N-ethyl adjacent to an activating group) is 1. The van der Waals surface area contributed by atoms with Crippen molar-refractivity contribution < 1.29 is 18.0 Å². The van der Waals surface area contributed by atoms with E-state index >= 15 is 0 Å². The number of alkyl halides is 3. The van der Waals surface area contributed by atoms with E-state index < -0.39 is 12.7 Å². The molecule has 1 amide bonds. The van der Waals surface area contributed by atoms with Gasteiger partial charge in [-0.2, -0.15) is 33.5 Å². The maximum absolute atomic E-state index is 13.3. The van der Waals surface area contributed by atoms with Gasteiger partial charge in [0.25, 0.3) is 0 Å². The fourth-order valence-corrected chi connectivity index (χ4v) is 5.44. The number of amides is 1. The summed E-state index contributed by atoms with van der Waals surface area (Å²) in [5.74, 6) is 0.685. The smallest absolute Gasteiger partial charge is 0.365 e. The lowest BCUT2D eigenvalue weighted by Crippen LogP contribution is -2.50. The summed E-state index contributed by atoms with van der Waals surface area (Å²) < 4.78 is 40.6. The third kappa shape index (κ3) is 6.08. The van der Waals surface area contributed by atoms with Gasteiger partial charge in [0, 0.05) is 37.7 Å². The van der Waals surface area contributed by atoms with Crippen molar-refractivity contribution in [1.29, 1.82) is 5.26 Å². The van der Waals surface area contributed by atoms with Crippen LogP contribution in [0.2, 0.25) is 5.02 Å². The minimum absolute atomic E-state index is 0.0533. The zero-order valence-corrected chi connectivity index (χ0v) is 22.6. The fourth-order valence-electron chi connectivity index (χ4n) is 5.27. The number of aromatic nitrogens is 4. The lowest BCUT2D eigenvalue weighted by Gasteiger charge is -2.37. The standard InChI is InChI=1S/C26H29ClF3N9O/c1-37(24(40)21-3-2-8-32-21)19-6-9-38(10-7-19)25-35-22(33-13-16-4-5-18(27)11-17(16)12-31)20-14-34-39(23(20)36-25)15-26(28,29)30/h4-5,11,14,19,21,32H,2-3,6-10,13,15H2,1H3,(H,33,35,36). The normalized spacial score (nSPS) is 18.2. The van der Waals surface area contributed by atoms with E-state index in [0.717, 1.165) is 24.1 Å². The maximum atomic E-state index is 13.3. The molecule has 0 saturated carbocycles. The number of hydrogen-bond acceptors (Lipinski definition) is 8. The van der Waals surface area contributed by atoms with Crippen LogP contribution in [-0.2, 0) is 17.9 Å². The molecule has 2 aliphatic heterocycles. The minimum atomic E-state index is -4.48. The number of halogens is 4. The van der Waals surface area contributed by atoms with Crippen LogP contribution in [0, 0.1) is 11.3 Å². The number of fused-ring (bicyclic) bond motifs is 1. The summed E-state index contributed by atoms with van der Waals surface area (Å²) in [6.07, 6.45) is 0.00761. The van der Waals surface area contributed by atoms with E-state index in [1.54, 1.807) is 18.2 Å². The predicted octanol–water partition coefficient (Wildman–Crippen LogP) is 3.70. The molecule has 2 aliphatic rings. The maximum Gasteiger partial charge on any atom is 0.408 e. The third-order valence-corrected chi connectivity index (χ3v) is 7.69. The Labute approximate surface area is 234 Å². The van der Waals surface area contributed by atoms with Crippen LogP contribution in [0.4, 0.5) is 24.9 Å². The van der Waals surface area contributed by atoms with Crippen molar-refractivity contribution in [2.24, 2.45) is 0 Å². The van der Waals surface area contributed by atoms with Gasteiger partial charge in [-0.05, 0) is 49.9 Å². The summed E-state index contributed by atoms with van der Waals surface area (Å²) in [4.78, 5) is 25.7. The molecule has 0 radical (unpaired) electrons. The van der Waals surface area contributed by atoms with Crippen LogP contribution in [0.3, 0.4) is 0 Å². The van der Waals surface area contributed by atoms with Gasteiger partial charge in [0.15, 0.2) is 5.65 Å². The second kappa shape index (κ2) is 11.5. The molecule has 2 saturated heterocycles. The quantitative estimate of drug-likeness (QED) is 0.438. The van der Waals surface area contributed by atoms with Crippen LogP contribution in [0.1, 0.15) is 36.8 Å². The highest BCUT2D eigenvalue weighted by molar-refractivity contribution is 6.30. The number of carbonyl (C=O) groups is 1. The third-order valence-electron chi connectivity index (χ3n) is 7.45. The summed E-state index contributed by atoms with van der Waals surface area (Å²) in [7, 11) is 1.83. The Morgan fingerprint density at radius 3 is 2.73 bits per heavy atom. The highest BCUT2D eigenvalue weighted by Gasteiger charge is 2.33. The Hall–Kier alpha value is -3.63. The van der Waals surface area contributed by atoms with Gasteiger partial charge in [0.2, 0.25) is 11.9 Å². The average molecular weight is 576 g/mol. The van der Waals surface area contributed by atoms with E-state index in [2.05, 4.69) is 31.8 Å². The number of benzene rings is 1. The molecule has 2 N–H and O–H groups in total. The van der Waals surface area contributed by atoms with E-state index in [1.165, 1.54) is 6.20 Å². The van der Waals surface area contributed by atoms with Crippen LogP contribution in [0.25, 0.3) is 11.0 Å². The molecule has 0 spiro atoms. The van der Waals surface area contributed by atoms with Gasteiger partial charge in [-0.1, -0.05) is 17.7 Å². The molecule has 10 nitrogen and oxygen atoms in total. The lowest BCUT2D eigenvalue weighted by molar-refractivity contribution is -0.142. The first kappa shape index (κ1) is 27.9. The van der Waals surface area contributed by atoms with Crippen LogP contribution in [-0.4, -0.2) is 75.5 Å². The Morgan fingerprint density at radius 1 is 1.27 bits per heavy atom. The van der Waals surface area contributed by atoms with E-state index in [-0.39, 0.29) is 36.1 Å². The number of nitrogens with one attached hydrogen (secondary N) is 2. The van der Waals surface area contributed by atoms with Crippen molar-refractivity contribution in [2.45, 2.75) is 57.0 Å². The SMILES string of the molecule is CN(C(=O)C1CCCN1)C1CCN(c2nc(NCc3ccc(Cl)cc3C#N)c3cnn(CC(F)(F)F)c3n2)CC1. The number of carbonyl (C=O) groups excluding carboxylic acids is 1. The Kier molecular flexibility index (Phi) is 8.00. The van der Waals surface area contributed by atoms with Crippen LogP contribution in [0.15, 0.2) is 24.4 Å². The Balaban J connectivity index is 1.38. The molecule has 3 aromatic rings. The van der Waals surface area contributed by atoms with Crippen molar-refractivity contribution in [3.05, 3.63) is 40.5 Å². The zero-order valence-electron chi connectivity index (χ0n) is 21.9. The van der Waals surface area contributed by atoms with Gasteiger partial charge < -0.3 is 20.4 Å². The molecule has 40 heavy (non-hydrogen) atoms. The molecule has 0 aliphatic carbocycles. The number of piperidine rings is 1. The number of nitrogens with zero attached hydrogens (tertiary/aromatic N) is 7. The number of rotatable bonds is 7. The predicted molar refractivity (Wildman–Crippen MR) is 144 cm³/mol. The molecular formula is C26H29ClF3N9O.